The molecule has 2 atom stereocenters. The molecule has 0 aromatic heterocycles. The molecule has 0 amide bonds. The topological polar surface area (TPSA) is 83.7 Å². The SMILES string of the molecule is COC(CNC1c2cc(C#N)ccc2OC(C)(C)[C@@H]1O)OC. The lowest BCUT2D eigenvalue weighted by Gasteiger charge is -2.42. The van der Waals surface area contributed by atoms with Crippen LogP contribution in [-0.4, -0.2) is 43.9 Å². The van der Waals surface area contributed by atoms with Gasteiger partial charge in [-0.2, -0.15) is 5.26 Å². The Balaban J connectivity index is 2.32. The highest BCUT2D eigenvalue weighted by Crippen LogP contribution is 2.40. The average Bonchev–Trinajstić information content (AvgIpc) is 2.51. The zero-order chi connectivity index (χ0) is 16.3. The number of fused-ring (bicyclic) bond motifs is 1. The highest BCUT2D eigenvalue weighted by molar-refractivity contribution is 5.46. The first-order valence-corrected chi connectivity index (χ1v) is 7.13. The number of hydrogen-bond acceptors (Lipinski definition) is 6. The number of nitriles is 1. The smallest absolute Gasteiger partial charge is 0.169 e. The molecule has 2 rings (SSSR count). The number of hydrogen-bond donors (Lipinski definition) is 2. The Bertz CT molecular complexity index is 564. The molecule has 120 valence electrons. The van der Waals surface area contributed by atoms with Crippen LogP contribution in [-0.2, 0) is 9.47 Å². The third-order valence-corrected chi connectivity index (χ3v) is 3.91. The molecule has 1 aromatic carbocycles. The molecule has 22 heavy (non-hydrogen) atoms. The molecule has 2 N–H and O–H groups in total. The zero-order valence-corrected chi connectivity index (χ0v) is 13.3. The van der Waals surface area contributed by atoms with Gasteiger partial charge in [-0.05, 0) is 32.0 Å². The predicted molar refractivity (Wildman–Crippen MR) is 80.4 cm³/mol. The Morgan fingerprint density at radius 3 is 2.68 bits per heavy atom. The summed E-state index contributed by atoms with van der Waals surface area (Å²) in [6.07, 6.45) is -1.19. The second-order valence-electron chi connectivity index (χ2n) is 5.80. The fourth-order valence-corrected chi connectivity index (χ4v) is 2.58. The minimum atomic E-state index is -0.775. The van der Waals surface area contributed by atoms with Crippen LogP contribution in [0.25, 0.3) is 0 Å². The van der Waals surface area contributed by atoms with E-state index in [9.17, 15) is 5.11 Å². The molecule has 1 heterocycles. The van der Waals surface area contributed by atoms with Crippen molar-refractivity contribution in [1.82, 2.24) is 5.32 Å². The van der Waals surface area contributed by atoms with E-state index >= 15 is 0 Å². The molecular formula is C16H22N2O4. The van der Waals surface area contributed by atoms with Crippen LogP contribution in [0.4, 0.5) is 0 Å². The normalized spacial score (nSPS) is 22.8. The molecule has 6 nitrogen and oxygen atoms in total. The molecule has 1 unspecified atom stereocenters. The van der Waals surface area contributed by atoms with Gasteiger partial charge in [-0.15, -0.1) is 0 Å². The minimum Gasteiger partial charge on any atom is -0.485 e. The van der Waals surface area contributed by atoms with E-state index in [2.05, 4.69) is 11.4 Å². The number of methoxy groups -OCH3 is 2. The number of aliphatic hydroxyl groups excluding tert-OH is 1. The maximum atomic E-state index is 10.6. The van der Waals surface area contributed by atoms with Gasteiger partial charge in [0.05, 0.1) is 17.7 Å². The Hall–Kier alpha value is -1.65. The Morgan fingerprint density at radius 2 is 2.09 bits per heavy atom. The number of rotatable bonds is 5. The molecule has 0 bridgehead atoms. The molecular weight excluding hydrogens is 284 g/mol. The first-order valence-electron chi connectivity index (χ1n) is 7.13. The van der Waals surface area contributed by atoms with Gasteiger partial charge >= 0.3 is 0 Å². The molecule has 0 fully saturated rings. The van der Waals surface area contributed by atoms with Crippen molar-refractivity contribution in [2.24, 2.45) is 0 Å². The van der Waals surface area contributed by atoms with Gasteiger partial charge in [0.25, 0.3) is 0 Å². The summed E-state index contributed by atoms with van der Waals surface area (Å²) in [6.45, 7) is 4.07. The van der Waals surface area contributed by atoms with E-state index in [1.54, 1.807) is 32.4 Å². The van der Waals surface area contributed by atoms with Crippen LogP contribution >= 0.6 is 0 Å². The summed E-state index contributed by atoms with van der Waals surface area (Å²) in [5, 5.41) is 22.9. The van der Waals surface area contributed by atoms with Gasteiger partial charge in [0.1, 0.15) is 17.5 Å². The monoisotopic (exact) mass is 306 g/mol. The summed E-state index contributed by atoms with van der Waals surface area (Å²) < 4.78 is 16.2. The van der Waals surface area contributed by atoms with E-state index in [1.807, 2.05) is 13.8 Å². The van der Waals surface area contributed by atoms with E-state index < -0.39 is 18.0 Å². The standard InChI is InChI=1S/C16H22N2O4/c1-16(2)15(19)14(18-9-13(20-3)21-4)11-7-10(8-17)5-6-12(11)22-16/h5-7,13-15,18-19H,9H2,1-4H3/t14?,15-/m1/s1. The highest BCUT2D eigenvalue weighted by Gasteiger charge is 2.42. The molecule has 0 radical (unpaired) electrons. The van der Waals surface area contributed by atoms with Crippen LogP contribution in [0.2, 0.25) is 0 Å². The number of ether oxygens (including phenoxy) is 3. The summed E-state index contributed by atoms with van der Waals surface area (Å²) in [4.78, 5) is 0. The van der Waals surface area contributed by atoms with Gasteiger partial charge in [-0.1, -0.05) is 0 Å². The van der Waals surface area contributed by atoms with Gasteiger partial charge in [0.15, 0.2) is 6.29 Å². The van der Waals surface area contributed by atoms with Crippen molar-refractivity contribution in [3.63, 3.8) is 0 Å². The van der Waals surface area contributed by atoms with Crippen LogP contribution in [0.15, 0.2) is 18.2 Å². The van der Waals surface area contributed by atoms with Crippen molar-refractivity contribution >= 4 is 0 Å². The molecule has 1 aliphatic rings. The molecule has 0 saturated carbocycles. The number of nitrogens with one attached hydrogen (secondary N) is 1. The summed E-state index contributed by atoms with van der Waals surface area (Å²) in [5.74, 6) is 0.665. The van der Waals surface area contributed by atoms with Crippen molar-refractivity contribution in [3.05, 3.63) is 29.3 Å². The third kappa shape index (κ3) is 3.23. The third-order valence-electron chi connectivity index (χ3n) is 3.91. The second kappa shape index (κ2) is 6.63. The van der Waals surface area contributed by atoms with Gasteiger partial charge in [0, 0.05) is 26.3 Å². The van der Waals surface area contributed by atoms with Crippen LogP contribution in [0.3, 0.4) is 0 Å². The maximum absolute atomic E-state index is 10.6. The Kier molecular flexibility index (Phi) is 5.04. The highest BCUT2D eigenvalue weighted by atomic mass is 16.7. The number of benzene rings is 1. The first kappa shape index (κ1) is 16.7. The predicted octanol–water partition coefficient (Wildman–Crippen LogP) is 1.34. The van der Waals surface area contributed by atoms with Crippen LogP contribution < -0.4 is 10.1 Å². The van der Waals surface area contributed by atoms with E-state index in [-0.39, 0.29) is 6.04 Å². The molecule has 1 aromatic rings. The van der Waals surface area contributed by atoms with Crippen LogP contribution in [0.5, 0.6) is 5.75 Å². The van der Waals surface area contributed by atoms with Crippen LogP contribution in [0.1, 0.15) is 31.0 Å². The lowest BCUT2D eigenvalue weighted by atomic mass is 9.86. The Labute approximate surface area is 130 Å². The largest absolute Gasteiger partial charge is 0.485 e. The fourth-order valence-electron chi connectivity index (χ4n) is 2.58. The summed E-state index contributed by atoms with van der Waals surface area (Å²) in [7, 11) is 3.11. The van der Waals surface area contributed by atoms with Crippen molar-refractivity contribution in [3.8, 4) is 11.8 Å². The van der Waals surface area contributed by atoms with Gasteiger partial charge in [0.2, 0.25) is 0 Å². The van der Waals surface area contributed by atoms with E-state index in [4.69, 9.17) is 19.5 Å². The van der Waals surface area contributed by atoms with Crippen molar-refractivity contribution < 1.29 is 19.3 Å². The lowest BCUT2D eigenvalue weighted by molar-refractivity contribution is -0.109. The van der Waals surface area contributed by atoms with Crippen molar-refractivity contribution in [2.45, 2.75) is 37.9 Å². The second-order valence-corrected chi connectivity index (χ2v) is 5.80. The number of nitrogens with zero attached hydrogens (tertiary/aromatic N) is 1. The number of aliphatic hydroxyl groups is 1. The molecule has 0 spiro atoms. The van der Waals surface area contributed by atoms with E-state index in [0.29, 0.717) is 17.9 Å². The van der Waals surface area contributed by atoms with Gasteiger partial charge in [-0.3, -0.25) is 0 Å². The fraction of sp³-hybridized carbons (Fsp3) is 0.562. The van der Waals surface area contributed by atoms with Gasteiger partial charge < -0.3 is 24.6 Å². The summed E-state index contributed by atoms with van der Waals surface area (Å²) in [5.41, 5.74) is 0.544. The van der Waals surface area contributed by atoms with Crippen LogP contribution in [0, 0.1) is 11.3 Å². The first-order chi connectivity index (χ1) is 10.4. The molecule has 1 aliphatic heterocycles. The minimum absolute atomic E-state index is 0.375. The molecule has 6 heteroatoms. The maximum Gasteiger partial charge on any atom is 0.169 e. The summed E-state index contributed by atoms with van der Waals surface area (Å²) >= 11 is 0. The average molecular weight is 306 g/mol. The zero-order valence-electron chi connectivity index (χ0n) is 13.3. The quantitative estimate of drug-likeness (QED) is 0.799. The van der Waals surface area contributed by atoms with Gasteiger partial charge in [-0.25, -0.2) is 0 Å². The van der Waals surface area contributed by atoms with Crippen molar-refractivity contribution in [2.75, 3.05) is 20.8 Å². The molecule has 0 saturated heterocycles. The lowest BCUT2D eigenvalue weighted by Crippen LogP contribution is -2.53. The Morgan fingerprint density at radius 1 is 1.41 bits per heavy atom. The van der Waals surface area contributed by atoms with E-state index in [0.717, 1.165) is 5.56 Å². The van der Waals surface area contributed by atoms with E-state index in [1.165, 1.54) is 0 Å². The summed E-state index contributed by atoms with van der Waals surface area (Å²) in [6, 6.07) is 6.94. The van der Waals surface area contributed by atoms with Crippen molar-refractivity contribution in [1.29, 1.82) is 5.26 Å². The molecule has 0 aliphatic carbocycles.